The van der Waals surface area contributed by atoms with Crippen molar-refractivity contribution in [3.05, 3.63) is 0 Å². The molecule has 100 valence electrons. The highest BCUT2D eigenvalue weighted by Crippen LogP contribution is 2.12. The molecule has 0 bridgehead atoms. The van der Waals surface area contributed by atoms with E-state index in [0.717, 1.165) is 25.9 Å². The van der Waals surface area contributed by atoms with E-state index in [4.69, 9.17) is 0 Å². The molecule has 2 N–H and O–H groups in total. The van der Waals surface area contributed by atoms with Crippen molar-refractivity contribution in [2.24, 2.45) is 5.92 Å². The first kappa shape index (κ1) is 14.5. The van der Waals surface area contributed by atoms with Gasteiger partial charge in [0.2, 0.25) is 5.91 Å². The van der Waals surface area contributed by atoms with Gasteiger partial charge in [-0.1, -0.05) is 13.8 Å². The molecule has 17 heavy (non-hydrogen) atoms. The number of carbonyl (C=O) groups excluding carboxylic acids is 1. The lowest BCUT2D eigenvalue weighted by atomic mass is 10.1. The van der Waals surface area contributed by atoms with E-state index in [2.05, 4.69) is 36.4 Å². The fourth-order valence-electron chi connectivity index (χ4n) is 2.35. The standard InChI is InChI=1S/C13H27N3O/c1-4-12(5-2)15-13(17)9-14-8-11-6-7-16(3)10-11/h11-12,14H,4-10H2,1-3H3,(H,15,17). The van der Waals surface area contributed by atoms with Gasteiger partial charge in [-0.2, -0.15) is 0 Å². The number of hydrogen-bond acceptors (Lipinski definition) is 3. The molecule has 0 aromatic carbocycles. The van der Waals surface area contributed by atoms with E-state index in [1.807, 2.05) is 0 Å². The molecule has 4 heteroatoms. The third kappa shape index (κ3) is 5.50. The number of nitrogens with one attached hydrogen (secondary N) is 2. The summed E-state index contributed by atoms with van der Waals surface area (Å²) in [6, 6.07) is 0.335. The van der Waals surface area contributed by atoms with Crippen LogP contribution in [0.5, 0.6) is 0 Å². The Bertz CT molecular complexity index is 229. The van der Waals surface area contributed by atoms with Crippen LogP contribution in [0.2, 0.25) is 0 Å². The average Bonchev–Trinajstić information content (AvgIpc) is 2.72. The Labute approximate surface area is 105 Å². The first-order valence-corrected chi connectivity index (χ1v) is 6.84. The lowest BCUT2D eigenvalue weighted by Crippen LogP contribution is -2.41. The molecule has 1 heterocycles. The molecule has 1 amide bonds. The predicted molar refractivity (Wildman–Crippen MR) is 71.0 cm³/mol. The van der Waals surface area contributed by atoms with Gasteiger partial charge >= 0.3 is 0 Å². The van der Waals surface area contributed by atoms with Crippen molar-refractivity contribution in [2.45, 2.75) is 39.2 Å². The largest absolute Gasteiger partial charge is 0.352 e. The molecule has 1 aliphatic heterocycles. The minimum Gasteiger partial charge on any atom is -0.352 e. The van der Waals surface area contributed by atoms with Crippen LogP contribution in [0.4, 0.5) is 0 Å². The summed E-state index contributed by atoms with van der Waals surface area (Å²) in [7, 11) is 2.15. The van der Waals surface area contributed by atoms with Crippen LogP contribution in [0.1, 0.15) is 33.1 Å². The average molecular weight is 241 g/mol. The summed E-state index contributed by atoms with van der Waals surface area (Å²) in [4.78, 5) is 14.0. The lowest BCUT2D eigenvalue weighted by Gasteiger charge is -2.16. The van der Waals surface area contributed by atoms with Crippen molar-refractivity contribution in [3.8, 4) is 0 Å². The van der Waals surface area contributed by atoms with E-state index in [9.17, 15) is 4.79 Å². The van der Waals surface area contributed by atoms with Gasteiger partial charge in [-0.05, 0) is 45.3 Å². The second kappa shape index (κ2) is 7.67. The quantitative estimate of drug-likeness (QED) is 0.694. The van der Waals surface area contributed by atoms with E-state index < -0.39 is 0 Å². The molecule has 0 spiro atoms. The molecule has 1 saturated heterocycles. The topological polar surface area (TPSA) is 44.4 Å². The zero-order valence-electron chi connectivity index (χ0n) is 11.5. The normalized spacial score (nSPS) is 21.1. The Kier molecular flexibility index (Phi) is 6.52. The Balaban J connectivity index is 2.07. The molecule has 4 nitrogen and oxygen atoms in total. The highest BCUT2D eigenvalue weighted by atomic mass is 16.1. The molecule has 1 rings (SSSR count). The van der Waals surface area contributed by atoms with Gasteiger partial charge in [-0.15, -0.1) is 0 Å². The summed E-state index contributed by atoms with van der Waals surface area (Å²) in [5.41, 5.74) is 0. The van der Waals surface area contributed by atoms with Crippen molar-refractivity contribution in [2.75, 3.05) is 33.2 Å². The van der Waals surface area contributed by atoms with Crippen LogP contribution in [-0.2, 0) is 4.79 Å². The molecule has 1 atom stereocenters. The van der Waals surface area contributed by atoms with E-state index in [0.29, 0.717) is 18.5 Å². The number of amides is 1. The van der Waals surface area contributed by atoms with E-state index in [1.54, 1.807) is 0 Å². The Hall–Kier alpha value is -0.610. The van der Waals surface area contributed by atoms with Crippen LogP contribution in [0.3, 0.4) is 0 Å². The van der Waals surface area contributed by atoms with Gasteiger partial charge in [0.25, 0.3) is 0 Å². The molecule has 0 radical (unpaired) electrons. The second-order valence-corrected chi connectivity index (χ2v) is 5.13. The van der Waals surface area contributed by atoms with Gasteiger partial charge in [-0.3, -0.25) is 4.79 Å². The van der Waals surface area contributed by atoms with Gasteiger partial charge in [0.05, 0.1) is 6.54 Å². The number of hydrogen-bond donors (Lipinski definition) is 2. The number of nitrogens with zero attached hydrogens (tertiary/aromatic N) is 1. The highest BCUT2D eigenvalue weighted by molar-refractivity contribution is 5.78. The molecule has 1 fully saturated rings. The van der Waals surface area contributed by atoms with Gasteiger partial charge in [0, 0.05) is 12.6 Å². The molecule has 0 saturated carbocycles. The molecule has 0 aromatic heterocycles. The first-order chi connectivity index (χ1) is 8.15. The maximum Gasteiger partial charge on any atom is 0.234 e. The fraction of sp³-hybridized carbons (Fsp3) is 0.923. The lowest BCUT2D eigenvalue weighted by molar-refractivity contribution is -0.121. The zero-order chi connectivity index (χ0) is 12.7. The van der Waals surface area contributed by atoms with Crippen LogP contribution in [0.15, 0.2) is 0 Å². The van der Waals surface area contributed by atoms with E-state index in [-0.39, 0.29) is 5.91 Å². The van der Waals surface area contributed by atoms with Gasteiger partial charge in [0.15, 0.2) is 0 Å². The molecular formula is C13H27N3O. The molecule has 0 aromatic rings. The minimum absolute atomic E-state index is 0.130. The number of rotatable bonds is 7. The summed E-state index contributed by atoms with van der Waals surface area (Å²) < 4.78 is 0. The summed E-state index contributed by atoms with van der Waals surface area (Å²) in [5.74, 6) is 0.839. The maximum absolute atomic E-state index is 11.6. The first-order valence-electron chi connectivity index (χ1n) is 6.84. The number of carbonyl (C=O) groups is 1. The minimum atomic E-state index is 0.130. The van der Waals surface area contributed by atoms with Crippen LogP contribution < -0.4 is 10.6 Å². The maximum atomic E-state index is 11.6. The highest BCUT2D eigenvalue weighted by Gasteiger charge is 2.19. The van der Waals surface area contributed by atoms with Crippen LogP contribution in [-0.4, -0.2) is 50.1 Å². The summed E-state index contributed by atoms with van der Waals surface area (Å²) in [6.07, 6.45) is 3.27. The van der Waals surface area contributed by atoms with E-state index in [1.165, 1.54) is 13.0 Å². The zero-order valence-corrected chi connectivity index (χ0v) is 11.5. The second-order valence-electron chi connectivity index (χ2n) is 5.13. The van der Waals surface area contributed by atoms with Crippen molar-refractivity contribution in [1.29, 1.82) is 0 Å². The van der Waals surface area contributed by atoms with Crippen molar-refractivity contribution in [3.63, 3.8) is 0 Å². The Morgan fingerprint density at radius 1 is 1.41 bits per heavy atom. The predicted octanol–water partition coefficient (Wildman–Crippen LogP) is 0.833. The third-order valence-electron chi connectivity index (χ3n) is 3.56. The van der Waals surface area contributed by atoms with Crippen molar-refractivity contribution in [1.82, 2.24) is 15.5 Å². The third-order valence-corrected chi connectivity index (χ3v) is 3.56. The van der Waals surface area contributed by atoms with Crippen molar-refractivity contribution < 1.29 is 4.79 Å². The van der Waals surface area contributed by atoms with Gasteiger partial charge in [0.1, 0.15) is 0 Å². The monoisotopic (exact) mass is 241 g/mol. The van der Waals surface area contributed by atoms with Crippen LogP contribution in [0.25, 0.3) is 0 Å². The molecule has 1 unspecified atom stereocenters. The summed E-state index contributed by atoms with van der Waals surface area (Å²) >= 11 is 0. The summed E-state index contributed by atoms with van der Waals surface area (Å²) in [6.45, 7) is 7.97. The molecular weight excluding hydrogens is 214 g/mol. The van der Waals surface area contributed by atoms with Crippen LogP contribution in [0, 0.1) is 5.92 Å². The van der Waals surface area contributed by atoms with E-state index >= 15 is 0 Å². The Morgan fingerprint density at radius 3 is 2.65 bits per heavy atom. The van der Waals surface area contributed by atoms with Crippen LogP contribution >= 0.6 is 0 Å². The smallest absolute Gasteiger partial charge is 0.234 e. The Morgan fingerprint density at radius 2 is 2.12 bits per heavy atom. The summed E-state index contributed by atoms with van der Waals surface area (Å²) in [5, 5.41) is 6.30. The van der Waals surface area contributed by atoms with Gasteiger partial charge < -0.3 is 15.5 Å². The van der Waals surface area contributed by atoms with Crippen molar-refractivity contribution >= 4 is 5.91 Å². The SMILES string of the molecule is CCC(CC)NC(=O)CNCC1CCN(C)C1. The van der Waals surface area contributed by atoms with Gasteiger partial charge in [-0.25, -0.2) is 0 Å². The molecule has 1 aliphatic rings. The molecule has 0 aliphatic carbocycles. The fourth-order valence-corrected chi connectivity index (χ4v) is 2.35. The number of likely N-dealkylation sites (tertiary alicyclic amines) is 1.